The summed E-state index contributed by atoms with van der Waals surface area (Å²) >= 11 is 0. The Bertz CT molecular complexity index is 3670. The molecule has 1 aromatic heterocycles. The summed E-state index contributed by atoms with van der Waals surface area (Å²) in [7, 11) is 0. The van der Waals surface area contributed by atoms with Crippen LogP contribution in [-0.4, -0.2) is 217 Å². The predicted molar refractivity (Wildman–Crippen MR) is 405 cm³/mol. The van der Waals surface area contributed by atoms with Crippen LogP contribution in [0.4, 0.5) is 0 Å². The lowest BCUT2D eigenvalue weighted by Crippen LogP contribution is -2.66. The van der Waals surface area contributed by atoms with Crippen molar-refractivity contribution in [3.8, 4) is 0 Å². The predicted octanol–water partition coefficient (Wildman–Crippen LogP) is -3.23. The molecule has 1 heterocycles. The standard InChI is InChI=1S/C73H120N18O19/c1-21-37(6)49(34-92)82-59(101)47(29-31-52(75)96)83-65(107)71(16,17)90-63(105)54(38(7)22-2)86-56(98)40(9)78-64(106)69(12,13)88-61(103)50(35-93)84-66(108)70(14,15)87-57(99)41(10)77-58(100)46(28-30-51(74)95)81-55(97)39(8)79-68(110)73(20,23-3)91-67(109)72(18,19)89-62(104)53(36(4)5)85-60(102)48(80-42(11)94)32-43-33-76-45-27-25-24-26-44(43)45/h24-27,33,36-41,46-50,53-54,76,92-93H,21-23,28-32,34-35H2,1-20H3,(H2,74,95)(H2,75,96)(H,77,100)(H,78,106)(H,79,110)(H,80,94)(H,81,97)(H,82,101)(H,83,107)(H,84,108)(H,85,102)(H,86,98)(H,87,99)(H,88,103)(H,89,104)(H,90,105)(H,91,109). The van der Waals surface area contributed by atoms with Gasteiger partial charge in [-0.2, -0.15) is 0 Å². The van der Waals surface area contributed by atoms with Crippen LogP contribution in [0.1, 0.15) is 189 Å². The van der Waals surface area contributed by atoms with Gasteiger partial charge in [-0.05, 0) is 132 Å². The van der Waals surface area contributed by atoms with Crippen LogP contribution in [0.25, 0.3) is 10.9 Å². The molecule has 0 fully saturated rings. The third-order valence-corrected chi connectivity index (χ3v) is 19.0. The van der Waals surface area contributed by atoms with E-state index >= 15 is 0 Å². The molecule has 0 radical (unpaired) electrons. The Labute approximate surface area is 641 Å². The number of primary amides is 2. The van der Waals surface area contributed by atoms with E-state index in [1.807, 2.05) is 31.2 Å². The third-order valence-electron chi connectivity index (χ3n) is 19.0. The Hall–Kier alpha value is -10.3. The first-order chi connectivity index (χ1) is 50.8. The maximum absolute atomic E-state index is 14.0. The van der Waals surface area contributed by atoms with Crippen molar-refractivity contribution in [2.24, 2.45) is 29.2 Å². The van der Waals surface area contributed by atoms with Gasteiger partial charge in [0.1, 0.15) is 82.1 Å². The number of aliphatic hydroxyl groups is 2. The normalized spacial score (nSPS) is 15.6. The number of rotatable bonds is 45. The van der Waals surface area contributed by atoms with Gasteiger partial charge in [-0.15, -0.1) is 0 Å². The maximum Gasteiger partial charge on any atom is 0.246 e. The summed E-state index contributed by atoms with van der Waals surface area (Å²) in [5, 5.41) is 59.0. The van der Waals surface area contributed by atoms with Gasteiger partial charge in [0.2, 0.25) is 100 Å². The number of aromatic nitrogens is 1. The van der Waals surface area contributed by atoms with Crippen LogP contribution in [0.3, 0.4) is 0 Å². The molecular weight excluding hydrogens is 1430 g/mol. The highest BCUT2D eigenvalue weighted by Crippen LogP contribution is 2.22. The average molecular weight is 1550 g/mol. The van der Waals surface area contributed by atoms with Gasteiger partial charge in [0, 0.05) is 43.3 Å². The molecule has 0 saturated heterocycles. The lowest BCUT2D eigenvalue weighted by molar-refractivity contribution is -0.140. The van der Waals surface area contributed by atoms with E-state index in [1.54, 1.807) is 47.7 Å². The smallest absolute Gasteiger partial charge is 0.246 e. The Morgan fingerprint density at radius 2 is 0.836 bits per heavy atom. The fourth-order valence-corrected chi connectivity index (χ4v) is 10.7. The number of aliphatic hydroxyl groups excluding tert-OH is 2. The molecule has 0 spiro atoms. The Morgan fingerprint density at radius 3 is 1.32 bits per heavy atom. The number of nitrogens with two attached hydrogens (primary N) is 2. The number of nitrogens with one attached hydrogen (secondary N) is 16. The monoisotopic (exact) mass is 1550 g/mol. The summed E-state index contributed by atoms with van der Waals surface area (Å²) in [4.78, 5) is 232. The average Bonchev–Trinajstić information content (AvgIpc) is 1.46. The van der Waals surface area contributed by atoms with Gasteiger partial charge in [-0.25, -0.2) is 0 Å². The molecule has 17 amide bonds. The molecule has 0 bridgehead atoms. The second-order valence-corrected chi connectivity index (χ2v) is 30.6. The van der Waals surface area contributed by atoms with Crippen molar-refractivity contribution in [1.82, 2.24) is 84.7 Å². The van der Waals surface area contributed by atoms with Crippen molar-refractivity contribution in [3.05, 3.63) is 36.0 Å². The maximum atomic E-state index is 14.0. The zero-order valence-corrected chi connectivity index (χ0v) is 67.0. The van der Waals surface area contributed by atoms with Crippen molar-refractivity contribution in [2.75, 3.05) is 13.2 Å². The van der Waals surface area contributed by atoms with Crippen molar-refractivity contribution in [3.63, 3.8) is 0 Å². The molecule has 13 atom stereocenters. The number of benzene rings is 1. The van der Waals surface area contributed by atoms with Crippen molar-refractivity contribution >= 4 is 111 Å². The fourth-order valence-electron chi connectivity index (χ4n) is 10.7. The molecule has 37 heteroatoms. The van der Waals surface area contributed by atoms with Crippen molar-refractivity contribution < 1.29 is 91.7 Å². The summed E-state index contributed by atoms with van der Waals surface area (Å²) in [6.07, 6.45) is 1.31. The quantitative estimate of drug-likeness (QED) is 0.0310. The molecule has 616 valence electrons. The van der Waals surface area contributed by atoms with Gasteiger partial charge < -0.3 is 106 Å². The van der Waals surface area contributed by atoms with E-state index in [2.05, 4.69) is 84.7 Å². The van der Waals surface area contributed by atoms with E-state index in [0.29, 0.717) is 12.8 Å². The van der Waals surface area contributed by atoms with E-state index in [0.717, 1.165) is 16.5 Å². The minimum Gasteiger partial charge on any atom is -0.394 e. The van der Waals surface area contributed by atoms with E-state index in [-0.39, 0.29) is 31.6 Å². The third kappa shape index (κ3) is 28.9. The minimum absolute atomic E-state index is 0.0654. The number of hydrogen-bond donors (Lipinski definition) is 20. The van der Waals surface area contributed by atoms with E-state index < -0.39 is 226 Å². The largest absolute Gasteiger partial charge is 0.394 e. The van der Waals surface area contributed by atoms with Crippen molar-refractivity contribution in [2.45, 2.75) is 278 Å². The Morgan fingerprint density at radius 1 is 0.418 bits per heavy atom. The topological polar surface area (TPSA) is 579 Å². The summed E-state index contributed by atoms with van der Waals surface area (Å²) in [5.41, 5.74) is 3.26. The molecule has 1 aromatic carbocycles. The first-order valence-electron chi connectivity index (χ1n) is 36.8. The van der Waals surface area contributed by atoms with Gasteiger partial charge in [0.15, 0.2) is 0 Å². The second kappa shape index (κ2) is 42.0. The van der Waals surface area contributed by atoms with E-state index in [1.165, 1.54) is 90.0 Å². The molecule has 0 saturated carbocycles. The summed E-state index contributed by atoms with van der Waals surface area (Å²) in [6.45, 7) is 27.1. The minimum atomic E-state index is -1.92. The lowest BCUT2D eigenvalue weighted by Gasteiger charge is -2.35. The molecule has 0 aliphatic heterocycles. The molecule has 13 unspecified atom stereocenters. The molecule has 2 rings (SSSR count). The number of fused-ring (bicyclic) bond motifs is 1. The van der Waals surface area contributed by atoms with Crippen LogP contribution >= 0.6 is 0 Å². The summed E-state index contributed by atoms with van der Waals surface area (Å²) in [5.74, 6) is -15.9. The zero-order chi connectivity index (χ0) is 84.5. The number of carbonyl (C=O) groups excluding carboxylic acids is 17. The fraction of sp³-hybridized carbons (Fsp3) is 0.658. The van der Waals surface area contributed by atoms with Crippen molar-refractivity contribution in [1.29, 1.82) is 0 Å². The van der Waals surface area contributed by atoms with Gasteiger partial charge in [-0.1, -0.05) is 79.5 Å². The number of H-pyrrole nitrogens is 1. The van der Waals surface area contributed by atoms with Crippen LogP contribution in [0.2, 0.25) is 0 Å². The second-order valence-electron chi connectivity index (χ2n) is 30.6. The summed E-state index contributed by atoms with van der Waals surface area (Å²) in [6, 6.07) is -5.87. The van der Waals surface area contributed by atoms with Gasteiger partial charge >= 0.3 is 0 Å². The highest BCUT2D eigenvalue weighted by atomic mass is 16.3. The Balaban J connectivity index is 2.13. The number of amides is 17. The van der Waals surface area contributed by atoms with Crippen LogP contribution in [0, 0.1) is 17.8 Å². The van der Waals surface area contributed by atoms with Gasteiger partial charge in [0.05, 0.1) is 19.3 Å². The molecule has 22 N–H and O–H groups in total. The number of para-hydroxylation sites is 1. The lowest BCUT2D eigenvalue weighted by atomic mass is 9.93. The molecule has 2 aromatic rings. The molecular formula is C73H120N18O19. The SMILES string of the molecule is CCC(C)C(CO)NC(=O)C(CCC(N)=O)NC(=O)C(C)(C)NC(=O)C(NC(=O)C(C)NC(=O)C(C)(C)NC(=O)C(CO)NC(=O)C(C)(C)NC(=O)C(C)NC(=O)C(CCC(N)=O)NC(=O)C(C)NC(=O)C(C)(CC)NC(=O)C(C)(C)NC(=O)C(NC(=O)C(Cc1c[nH]c2ccccc12)NC(C)=O)C(C)C)C(C)CC. The molecule has 37 nitrogen and oxygen atoms in total. The number of hydrogen-bond acceptors (Lipinski definition) is 19. The highest BCUT2D eigenvalue weighted by molar-refractivity contribution is 6.03. The van der Waals surface area contributed by atoms with Crippen LogP contribution in [-0.2, 0) is 87.9 Å². The van der Waals surface area contributed by atoms with Gasteiger partial charge in [-0.3, -0.25) is 81.5 Å². The highest BCUT2D eigenvalue weighted by Gasteiger charge is 2.44. The van der Waals surface area contributed by atoms with Crippen LogP contribution in [0.5, 0.6) is 0 Å². The molecule has 0 aliphatic carbocycles. The Kier molecular flexibility index (Phi) is 36.6. The van der Waals surface area contributed by atoms with Gasteiger partial charge in [0.25, 0.3) is 0 Å². The van der Waals surface area contributed by atoms with E-state index in [4.69, 9.17) is 11.5 Å². The van der Waals surface area contributed by atoms with E-state index in [9.17, 15) is 91.7 Å². The number of carbonyl (C=O) groups is 17. The molecule has 0 aliphatic rings. The first kappa shape index (κ1) is 95.7. The molecule has 110 heavy (non-hydrogen) atoms. The zero-order valence-electron chi connectivity index (χ0n) is 67.0. The first-order valence-corrected chi connectivity index (χ1v) is 36.8. The van der Waals surface area contributed by atoms with Crippen LogP contribution < -0.4 is 91.2 Å². The number of aromatic amines is 1. The summed E-state index contributed by atoms with van der Waals surface area (Å²) < 4.78 is 0. The van der Waals surface area contributed by atoms with Crippen LogP contribution in [0.15, 0.2) is 30.5 Å².